The first-order chi connectivity index (χ1) is 19.1. The van der Waals surface area contributed by atoms with Gasteiger partial charge in [-0.1, -0.05) is 167 Å². The van der Waals surface area contributed by atoms with Gasteiger partial charge >= 0.3 is 5.97 Å². The topological polar surface area (TPSA) is 44.8 Å². The van der Waals surface area contributed by atoms with Gasteiger partial charge in [-0.3, -0.25) is 0 Å². The Morgan fingerprint density at radius 2 is 0.872 bits per heavy atom. The lowest BCUT2D eigenvalue weighted by Gasteiger charge is -2.33. The average Bonchev–Trinajstić information content (AvgIpc) is 2.95. The summed E-state index contributed by atoms with van der Waals surface area (Å²) in [5, 5.41) is 0. The Balaban J connectivity index is 4.68. The van der Waals surface area contributed by atoms with Crippen LogP contribution in [-0.2, 0) is 19.0 Å². The van der Waals surface area contributed by atoms with Crippen LogP contribution in [-0.4, -0.2) is 47.1 Å². The van der Waals surface area contributed by atoms with Crippen LogP contribution >= 0.6 is 0 Å². The predicted octanol–water partition coefficient (Wildman–Crippen LogP) is 10.7. The van der Waals surface area contributed by atoms with E-state index in [-0.39, 0.29) is 6.61 Å². The molecule has 232 valence electrons. The summed E-state index contributed by atoms with van der Waals surface area (Å²) in [6.07, 6.45) is 27.9. The zero-order chi connectivity index (χ0) is 28.7. The Hall–Kier alpha value is -0.653. The third-order valence-corrected chi connectivity index (χ3v) is 13.8. The minimum Gasteiger partial charge on any atom is -0.460 e. The molecule has 0 aromatic heterocycles. The van der Waals surface area contributed by atoms with Gasteiger partial charge in [0.25, 0.3) is 0 Å². The van der Waals surface area contributed by atoms with Crippen LogP contribution in [0.1, 0.15) is 143 Å². The van der Waals surface area contributed by atoms with Crippen LogP contribution in [0.25, 0.3) is 0 Å². The van der Waals surface area contributed by atoms with Crippen molar-refractivity contribution in [3.8, 4) is 0 Å². The molecule has 0 saturated carbocycles. The second kappa shape index (κ2) is 30.3. The normalized spacial score (nSPS) is 11.7. The quantitative estimate of drug-likeness (QED) is 0.0350. The highest BCUT2D eigenvalue weighted by molar-refractivity contribution is 6.79. The maximum atomic E-state index is 11.1. The van der Waals surface area contributed by atoms with E-state index in [1.807, 2.05) is 0 Å². The molecular formula is C34H68O4Si. The molecule has 0 amide bonds. The average molecular weight is 569 g/mol. The van der Waals surface area contributed by atoms with E-state index in [9.17, 15) is 4.79 Å². The van der Waals surface area contributed by atoms with E-state index in [4.69, 9.17) is 14.2 Å². The number of ether oxygens (including phenoxy) is 3. The van der Waals surface area contributed by atoms with Gasteiger partial charge in [0.15, 0.2) is 0 Å². The van der Waals surface area contributed by atoms with Gasteiger partial charge in [0.2, 0.25) is 0 Å². The van der Waals surface area contributed by atoms with Crippen molar-refractivity contribution in [2.45, 2.75) is 167 Å². The van der Waals surface area contributed by atoms with Gasteiger partial charge in [-0.05, 0) is 6.42 Å². The summed E-state index contributed by atoms with van der Waals surface area (Å²) >= 11 is 0. The molecule has 0 bridgehead atoms. The molecular weight excluding hydrogens is 500 g/mol. The molecule has 0 atom stereocenters. The van der Waals surface area contributed by atoms with E-state index in [1.165, 1.54) is 134 Å². The van der Waals surface area contributed by atoms with E-state index in [0.717, 1.165) is 6.61 Å². The Labute approximate surface area is 245 Å². The van der Waals surface area contributed by atoms with Gasteiger partial charge in [0.05, 0.1) is 27.9 Å². The van der Waals surface area contributed by atoms with Crippen LogP contribution in [0.4, 0.5) is 0 Å². The lowest BCUT2D eigenvalue weighted by atomic mass is 10.1. The van der Waals surface area contributed by atoms with E-state index in [1.54, 1.807) is 18.1 Å². The molecule has 0 aliphatic heterocycles. The van der Waals surface area contributed by atoms with E-state index in [0.29, 0.717) is 19.8 Å². The number of carbonyl (C=O) groups excluding carboxylic acids is 1. The summed E-state index contributed by atoms with van der Waals surface area (Å²) in [6.45, 7) is 13.1. The highest BCUT2D eigenvalue weighted by Gasteiger charge is 2.30. The molecule has 0 fully saturated rings. The molecule has 0 heterocycles. The van der Waals surface area contributed by atoms with E-state index in [2.05, 4.69) is 27.4 Å². The smallest absolute Gasteiger partial charge is 0.330 e. The van der Waals surface area contributed by atoms with Crippen LogP contribution < -0.4 is 0 Å². The van der Waals surface area contributed by atoms with Crippen molar-refractivity contribution in [1.82, 2.24) is 0 Å². The second-order valence-corrected chi connectivity index (χ2v) is 16.8. The molecule has 0 aliphatic carbocycles. The first kappa shape index (κ1) is 38.3. The maximum absolute atomic E-state index is 11.1. The Morgan fingerprint density at radius 1 is 0.513 bits per heavy atom. The van der Waals surface area contributed by atoms with Gasteiger partial charge in [0.1, 0.15) is 6.61 Å². The lowest BCUT2D eigenvalue weighted by molar-refractivity contribution is -0.139. The molecule has 0 aromatic carbocycles. The Morgan fingerprint density at radius 3 is 1.31 bits per heavy atom. The van der Waals surface area contributed by atoms with Crippen molar-refractivity contribution in [2.75, 3.05) is 33.0 Å². The molecule has 0 aromatic rings. The minimum atomic E-state index is -1.27. The molecule has 0 saturated heterocycles. The number of rotatable bonds is 32. The summed E-state index contributed by atoms with van der Waals surface area (Å²) in [7, 11) is -1.27. The summed E-state index contributed by atoms with van der Waals surface area (Å²) < 4.78 is 16.4. The molecule has 0 rings (SSSR count). The Kier molecular flexibility index (Phi) is 29.8. The third kappa shape index (κ3) is 26.0. The number of carbonyl (C=O) groups is 1. The predicted molar refractivity (Wildman–Crippen MR) is 173 cm³/mol. The zero-order valence-corrected chi connectivity index (χ0v) is 27.7. The summed E-state index contributed by atoms with van der Waals surface area (Å²) in [4.78, 5) is 11.1. The van der Waals surface area contributed by atoms with E-state index < -0.39 is 14.0 Å². The molecule has 0 N–H and O–H groups in total. The van der Waals surface area contributed by atoms with Crippen molar-refractivity contribution in [2.24, 2.45) is 0 Å². The minimum absolute atomic E-state index is 0.272. The van der Waals surface area contributed by atoms with Crippen LogP contribution in [0.2, 0.25) is 24.2 Å². The molecule has 0 unspecified atom stereocenters. The fourth-order valence-electron chi connectivity index (χ4n) is 5.72. The van der Waals surface area contributed by atoms with Crippen LogP contribution in [0, 0.1) is 0 Å². The summed E-state index contributed by atoms with van der Waals surface area (Å²) in [5.74, 6) is -0.398. The van der Waals surface area contributed by atoms with Crippen LogP contribution in [0.5, 0.6) is 0 Å². The Bertz CT molecular complexity index is 485. The van der Waals surface area contributed by atoms with Gasteiger partial charge in [0, 0.05) is 12.7 Å². The third-order valence-electron chi connectivity index (χ3n) is 8.19. The highest BCUT2D eigenvalue weighted by Crippen LogP contribution is 2.34. The van der Waals surface area contributed by atoms with Crippen molar-refractivity contribution >= 4 is 14.0 Å². The molecule has 0 spiro atoms. The van der Waals surface area contributed by atoms with Crippen LogP contribution in [0.3, 0.4) is 0 Å². The fraction of sp³-hybridized carbons (Fsp3) is 0.912. The van der Waals surface area contributed by atoms with Crippen molar-refractivity contribution in [1.29, 1.82) is 0 Å². The first-order valence-electron chi connectivity index (χ1n) is 17.1. The molecule has 5 heteroatoms. The molecule has 0 aliphatic rings. The number of unbranched alkanes of at least 4 members (excludes halogenated alkanes) is 15. The SMILES string of the molecule is C=CC(=O)OCCOCCOCCC[Si](CCCCCCCC)(CCCCCCCC)CCCCCCCC. The summed E-state index contributed by atoms with van der Waals surface area (Å²) in [6, 6.07) is 6.10. The molecule has 0 radical (unpaired) electrons. The molecule has 4 nitrogen and oxygen atoms in total. The molecule has 39 heavy (non-hydrogen) atoms. The van der Waals surface area contributed by atoms with Gasteiger partial charge in [-0.25, -0.2) is 4.79 Å². The van der Waals surface area contributed by atoms with Crippen molar-refractivity contribution in [3.05, 3.63) is 12.7 Å². The highest BCUT2D eigenvalue weighted by atomic mass is 28.3. The maximum Gasteiger partial charge on any atom is 0.330 e. The second-order valence-electron chi connectivity index (χ2n) is 11.8. The van der Waals surface area contributed by atoms with Gasteiger partial charge in [-0.15, -0.1) is 0 Å². The largest absolute Gasteiger partial charge is 0.460 e. The standard InChI is InChI=1S/C34H68O4Si/c1-5-9-12-15-18-21-30-39(31-22-19-16-13-10-6-2,32-23-20-17-14-11-7-3)33-24-25-36-26-27-37-28-29-38-34(35)8-4/h8H,4-7,9-33H2,1-3H3. The van der Waals surface area contributed by atoms with Gasteiger partial charge in [-0.2, -0.15) is 0 Å². The zero-order valence-electron chi connectivity index (χ0n) is 26.7. The van der Waals surface area contributed by atoms with Crippen molar-refractivity contribution < 1.29 is 19.0 Å². The monoisotopic (exact) mass is 568 g/mol. The van der Waals surface area contributed by atoms with Crippen molar-refractivity contribution in [3.63, 3.8) is 0 Å². The first-order valence-corrected chi connectivity index (χ1v) is 19.9. The number of hydrogen-bond donors (Lipinski definition) is 0. The lowest BCUT2D eigenvalue weighted by Crippen LogP contribution is -2.34. The van der Waals surface area contributed by atoms with E-state index >= 15 is 0 Å². The summed E-state index contributed by atoms with van der Waals surface area (Å²) in [5.41, 5.74) is 0. The van der Waals surface area contributed by atoms with Crippen LogP contribution in [0.15, 0.2) is 12.7 Å². The fourth-order valence-corrected chi connectivity index (χ4v) is 11.1. The number of hydrogen-bond acceptors (Lipinski definition) is 4. The number of esters is 1. The van der Waals surface area contributed by atoms with Gasteiger partial charge < -0.3 is 14.2 Å².